The van der Waals surface area contributed by atoms with Crippen LogP contribution in [0, 0.1) is 5.92 Å². The number of rotatable bonds is 7. The largest absolute Gasteiger partial charge is 0.573 e. The van der Waals surface area contributed by atoms with Crippen molar-refractivity contribution < 1.29 is 33.2 Å². The van der Waals surface area contributed by atoms with Gasteiger partial charge in [-0.25, -0.2) is 9.97 Å². The van der Waals surface area contributed by atoms with Gasteiger partial charge in [0.1, 0.15) is 22.7 Å². The van der Waals surface area contributed by atoms with E-state index in [2.05, 4.69) is 30.3 Å². The summed E-state index contributed by atoms with van der Waals surface area (Å²) in [6.07, 6.45) is -5.15. The van der Waals surface area contributed by atoms with E-state index < -0.39 is 30.5 Å². The number of halogens is 3. The maximum Gasteiger partial charge on any atom is 0.573 e. The minimum Gasteiger partial charge on any atom is -0.406 e. The van der Waals surface area contributed by atoms with Crippen molar-refractivity contribution >= 4 is 39.0 Å². The third-order valence-corrected chi connectivity index (χ3v) is 7.09. The number of aliphatic hydroxyl groups excluding tert-OH is 3. The number of fused-ring (bicyclic) bond motifs is 1. The Balaban J connectivity index is 1.45. The SMILES string of the molecule is OC[C@H]1C[C@@H](Nc2nc(Nc3ccc(OC(F)(F)F)cc3)ncc2-c2nc3ccccc3s2)[C@H](O)[C@@H]1O. The molecule has 0 aliphatic heterocycles. The predicted octanol–water partition coefficient (Wildman–Crippen LogP) is 3.91. The number of anilines is 3. The molecule has 0 spiro atoms. The van der Waals surface area contributed by atoms with Gasteiger partial charge in [-0.05, 0) is 42.8 Å². The van der Waals surface area contributed by atoms with Crippen LogP contribution in [0.15, 0.2) is 54.7 Å². The lowest BCUT2D eigenvalue weighted by molar-refractivity contribution is -0.274. The van der Waals surface area contributed by atoms with E-state index in [1.807, 2.05) is 24.3 Å². The van der Waals surface area contributed by atoms with Crippen LogP contribution in [0.25, 0.3) is 20.8 Å². The van der Waals surface area contributed by atoms with E-state index in [9.17, 15) is 28.5 Å². The number of hydrogen-bond donors (Lipinski definition) is 5. The van der Waals surface area contributed by atoms with Gasteiger partial charge in [0.05, 0.1) is 27.9 Å². The normalized spacial score (nSPS) is 21.8. The molecule has 1 fully saturated rings. The summed E-state index contributed by atoms with van der Waals surface area (Å²) in [5.41, 5.74) is 1.79. The first-order chi connectivity index (χ1) is 17.7. The number of nitrogens with one attached hydrogen (secondary N) is 2. The summed E-state index contributed by atoms with van der Waals surface area (Å²) in [4.78, 5) is 13.5. The number of hydrogen-bond acceptors (Lipinski definition) is 10. The predicted molar refractivity (Wildman–Crippen MR) is 132 cm³/mol. The zero-order valence-corrected chi connectivity index (χ0v) is 19.9. The molecule has 4 aromatic rings. The summed E-state index contributed by atoms with van der Waals surface area (Å²) in [5.74, 6) is -0.373. The Morgan fingerprint density at radius 1 is 1.03 bits per heavy atom. The third-order valence-electron chi connectivity index (χ3n) is 6.02. The number of nitrogens with zero attached hydrogens (tertiary/aromatic N) is 3. The highest BCUT2D eigenvalue weighted by atomic mass is 32.1. The van der Waals surface area contributed by atoms with E-state index in [4.69, 9.17) is 0 Å². The van der Waals surface area contributed by atoms with Crippen molar-refractivity contribution in [3.8, 4) is 16.3 Å². The Labute approximate surface area is 212 Å². The molecule has 37 heavy (non-hydrogen) atoms. The zero-order chi connectivity index (χ0) is 26.2. The maximum absolute atomic E-state index is 12.4. The molecule has 2 aromatic heterocycles. The van der Waals surface area contributed by atoms with Crippen molar-refractivity contribution in [2.24, 2.45) is 5.92 Å². The molecule has 13 heteroatoms. The van der Waals surface area contributed by atoms with E-state index in [-0.39, 0.29) is 18.3 Å². The van der Waals surface area contributed by atoms with Crippen LogP contribution >= 0.6 is 11.3 Å². The molecule has 5 rings (SSSR count). The second kappa shape index (κ2) is 10.1. The summed E-state index contributed by atoms with van der Waals surface area (Å²) in [7, 11) is 0. The first kappa shape index (κ1) is 25.1. The molecule has 0 bridgehead atoms. The lowest BCUT2D eigenvalue weighted by Crippen LogP contribution is -2.35. The Kier molecular flexibility index (Phi) is 6.86. The van der Waals surface area contributed by atoms with Crippen LogP contribution < -0.4 is 15.4 Å². The Bertz CT molecular complexity index is 1350. The average molecular weight is 534 g/mol. The molecule has 9 nitrogen and oxygen atoms in total. The van der Waals surface area contributed by atoms with Gasteiger partial charge in [0.25, 0.3) is 0 Å². The molecule has 1 aliphatic carbocycles. The summed E-state index contributed by atoms with van der Waals surface area (Å²) < 4.78 is 42.1. The van der Waals surface area contributed by atoms with Gasteiger partial charge in [-0.1, -0.05) is 12.1 Å². The van der Waals surface area contributed by atoms with Crippen LogP contribution in [0.5, 0.6) is 5.75 Å². The van der Waals surface area contributed by atoms with Gasteiger partial charge in [0.15, 0.2) is 0 Å². The number of ether oxygens (including phenoxy) is 1. The summed E-state index contributed by atoms with van der Waals surface area (Å²) in [6, 6.07) is 12.1. The maximum atomic E-state index is 12.4. The lowest BCUT2D eigenvalue weighted by Gasteiger charge is -2.20. The van der Waals surface area contributed by atoms with Gasteiger partial charge in [-0.3, -0.25) is 0 Å². The molecule has 2 heterocycles. The van der Waals surface area contributed by atoms with E-state index in [0.717, 1.165) is 22.3 Å². The van der Waals surface area contributed by atoms with E-state index in [1.165, 1.54) is 23.5 Å². The van der Waals surface area contributed by atoms with Gasteiger partial charge >= 0.3 is 6.36 Å². The molecule has 0 saturated heterocycles. The van der Waals surface area contributed by atoms with Crippen LogP contribution in [0.4, 0.5) is 30.6 Å². The highest BCUT2D eigenvalue weighted by Gasteiger charge is 2.41. The van der Waals surface area contributed by atoms with Gasteiger partial charge in [0.2, 0.25) is 5.95 Å². The van der Waals surface area contributed by atoms with Crippen molar-refractivity contribution in [1.29, 1.82) is 0 Å². The van der Waals surface area contributed by atoms with E-state index in [0.29, 0.717) is 28.5 Å². The average Bonchev–Trinajstić information content (AvgIpc) is 3.41. The number of aliphatic hydroxyl groups is 3. The number of aromatic nitrogens is 3. The topological polar surface area (TPSA) is 133 Å². The fourth-order valence-corrected chi connectivity index (χ4v) is 5.17. The van der Waals surface area contributed by atoms with E-state index >= 15 is 0 Å². The first-order valence-electron chi connectivity index (χ1n) is 11.3. The van der Waals surface area contributed by atoms with Crippen molar-refractivity contribution in [3.05, 3.63) is 54.7 Å². The van der Waals surface area contributed by atoms with Crippen LogP contribution in [-0.2, 0) is 0 Å². The molecular weight excluding hydrogens is 511 g/mol. The van der Waals surface area contributed by atoms with Crippen molar-refractivity contribution in [2.75, 3.05) is 17.2 Å². The molecule has 0 unspecified atom stereocenters. The van der Waals surface area contributed by atoms with Crippen LogP contribution in [0.3, 0.4) is 0 Å². The number of thiazole rings is 1. The molecule has 1 saturated carbocycles. The lowest BCUT2D eigenvalue weighted by atomic mass is 10.1. The molecule has 0 radical (unpaired) electrons. The second-order valence-electron chi connectivity index (χ2n) is 8.55. The summed E-state index contributed by atoms with van der Waals surface area (Å²) in [6.45, 7) is -0.272. The summed E-state index contributed by atoms with van der Waals surface area (Å²) >= 11 is 1.44. The van der Waals surface area contributed by atoms with Gasteiger partial charge in [-0.2, -0.15) is 4.98 Å². The van der Waals surface area contributed by atoms with Crippen LogP contribution in [0.2, 0.25) is 0 Å². The van der Waals surface area contributed by atoms with Gasteiger partial charge in [0, 0.05) is 24.4 Å². The molecular formula is C24H22F3N5O4S. The quantitative estimate of drug-likeness (QED) is 0.240. The molecule has 4 atom stereocenters. The Morgan fingerprint density at radius 3 is 2.46 bits per heavy atom. The smallest absolute Gasteiger partial charge is 0.406 e. The first-order valence-corrected chi connectivity index (χ1v) is 12.1. The minimum atomic E-state index is -4.79. The highest BCUT2D eigenvalue weighted by Crippen LogP contribution is 2.36. The van der Waals surface area contributed by atoms with Gasteiger partial charge in [-0.15, -0.1) is 24.5 Å². The number of benzene rings is 2. The fraction of sp³-hybridized carbons (Fsp3) is 0.292. The standard InChI is InChI=1S/C24H22F3N5O4S/c25-24(26,27)36-14-7-5-13(6-8-14)29-23-28-10-15(22-31-16-3-1-2-4-18(16)37-22)21(32-23)30-17-9-12(11-33)19(34)20(17)35/h1-8,10,12,17,19-20,33-35H,9,11H2,(H2,28,29,30,32)/t12-,17-,19-,20+/m1/s1. The third kappa shape index (κ3) is 5.59. The Hall–Kier alpha value is -3.52. The van der Waals surface area contributed by atoms with Crippen molar-refractivity contribution in [1.82, 2.24) is 15.0 Å². The molecule has 5 N–H and O–H groups in total. The van der Waals surface area contributed by atoms with Gasteiger partial charge < -0.3 is 30.7 Å². The fourth-order valence-electron chi connectivity index (χ4n) is 4.19. The highest BCUT2D eigenvalue weighted by molar-refractivity contribution is 7.21. The minimum absolute atomic E-state index is 0.142. The van der Waals surface area contributed by atoms with Crippen molar-refractivity contribution in [2.45, 2.75) is 31.0 Å². The van der Waals surface area contributed by atoms with Crippen LogP contribution in [-0.4, -0.2) is 61.5 Å². The summed E-state index contributed by atoms with van der Waals surface area (Å²) in [5, 5.41) is 37.0. The van der Waals surface area contributed by atoms with Crippen molar-refractivity contribution in [3.63, 3.8) is 0 Å². The zero-order valence-electron chi connectivity index (χ0n) is 19.1. The van der Waals surface area contributed by atoms with E-state index in [1.54, 1.807) is 6.20 Å². The molecule has 2 aromatic carbocycles. The second-order valence-corrected chi connectivity index (χ2v) is 9.58. The van der Waals surface area contributed by atoms with Crippen LogP contribution in [0.1, 0.15) is 6.42 Å². The Morgan fingerprint density at radius 2 is 1.78 bits per heavy atom. The molecule has 194 valence electrons. The monoisotopic (exact) mass is 533 g/mol. The molecule has 1 aliphatic rings. The molecule has 0 amide bonds. The number of para-hydroxylation sites is 1. The number of alkyl halides is 3.